The maximum absolute atomic E-state index is 12.0. The summed E-state index contributed by atoms with van der Waals surface area (Å²) in [6.07, 6.45) is 3.43. The zero-order valence-electron chi connectivity index (χ0n) is 10.3. The van der Waals surface area contributed by atoms with Crippen molar-refractivity contribution in [2.45, 2.75) is 25.3 Å². The van der Waals surface area contributed by atoms with Gasteiger partial charge in [0.2, 0.25) is 5.91 Å². The Labute approximate surface area is 116 Å². The summed E-state index contributed by atoms with van der Waals surface area (Å²) in [7, 11) is 1.97. The van der Waals surface area contributed by atoms with Gasteiger partial charge in [0, 0.05) is 26.2 Å². The fraction of sp³-hybridized carbons (Fsp3) is 0.909. The van der Waals surface area contributed by atoms with Gasteiger partial charge in [-0.15, -0.1) is 24.8 Å². The SMILES string of the molecule is CN(C(=O)C1CNC1)C1CCCNCC1.Cl.Cl. The Morgan fingerprint density at radius 3 is 2.41 bits per heavy atom. The van der Waals surface area contributed by atoms with Crippen LogP contribution in [0.15, 0.2) is 0 Å². The molecule has 0 aromatic carbocycles. The van der Waals surface area contributed by atoms with Crippen molar-refractivity contribution < 1.29 is 4.79 Å². The summed E-state index contributed by atoms with van der Waals surface area (Å²) >= 11 is 0. The van der Waals surface area contributed by atoms with E-state index >= 15 is 0 Å². The van der Waals surface area contributed by atoms with Crippen LogP contribution in [0.1, 0.15) is 19.3 Å². The molecule has 0 aromatic rings. The average Bonchev–Trinajstić information content (AvgIpc) is 2.41. The molecule has 1 amide bonds. The van der Waals surface area contributed by atoms with E-state index in [2.05, 4.69) is 10.6 Å². The molecule has 102 valence electrons. The minimum absolute atomic E-state index is 0. The van der Waals surface area contributed by atoms with Crippen LogP contribution in [0, 0.1) is 5.92 Å². The van der Waals surface area contributed by atoms with Gasteiger partial charge in [-0.25, -0.2) is 0 Å². The van der Waals surface area contributed by atoms with Crippen molar-refractivity contribution in [1.29, 1.82) is 0 Å². The van der Waals surface area contributed by atoms with E-state index in [-0.39, 0.29) is 30.7 Å². The van der Waals surface area contributed by atoms with Crippen LogP contribution in [0.4, 0.5) is 0 Å². The molecule has 0 radical (unpaired) electrons. The van der Waals surface area contributed by atoms with Crippen LogP contribution < -0.4 is 10.6 Å². The minimum Gasteiger partial charge on any atom is -0.342 e. The highest BCUT2D eigenvalue weighted by molar-refractivity contribution is 5.85. The third-order valence-electron chi connectivity index (χ3n) is 3.57. The van der Waals surface area contributed by atoms with Crippen molar-refractivity contribution in [2.75, 3.05) is 33.2 Å². The maximum atomic E-state index is 12.0. The van der Waals surface area contributed by atoms with Crippen molar-refractivity contribution in [3.63, 3.8) is 0 Å². The van der Waals surface area contributed by atoms with Crippen molar-refractivity contribution >= 4 is 30.7 Å². The zero-order chi connectivity index (χ0) is 10.7. The Kier molecular flexibility index (Phi) is 8.12. The van der Waals surface area contributed by atoms with Crippen LogP contribution in [0.25, 0.3) is 0 Å². The van der Waals surface area contributed by atoms with Gasteiger partial charge < -0.3 is 15.5 Å². The van der Waals surface area contributed by atoms with E-state index in [4.69, 9.17) is 0 Å². The number of nitrogens with zero attached hydrogens (tertiary/aromatic N) is 1. The number of carbonyl (C=O) groups excluding carboxylic acids is 1. The van der Waals surface area contributed by atoms with Gasteiger partial charge in [0.25, 0.3) is 0 Å². The van der Waals surface area contributed by atoms with Crippen LogP contribution in [0.5, 0.6) is 0 Å². The smallest absolute Gasteiger partial charge is 0.228 e. The molecule has 2 N–H and O–H groups in total. The monoisotopic (exact) mass is 283 g/mol. The van der Waals surface area contributed by atoms with E-state index in [0.29, 0.717) is 11.9 Å². The molecular formula is C11H23Cl2N3O. The molecule has 2 aliphatic heterocycles. The molecule has 1 atom stereocenters. The first-order valence-electron chi connectivity index (χ1n) is 5.97. The van der Waals surface area contributed by atoms with Gasteiger partial charge in [-0.1, -0.05) is 0 Å². The van der Waals surface area contributed by atoms with Crippen LogP contribution in [-0.4, -0.2) is 50.1 Å². The van der Waals surface area contributed by atoms with E-state index in [9.17, 15) is 4.79 Å². The zero-order valence-corrected chi connectivity index (χ0v) is 11.9. The van der Waals surface area contributed by atoms with Crippen LogP contribution in [0.2, 0.25) is 0 Å². The highest BCUT2D eigenvalue weighted by Crippen LogP contribution is 2.16. The topological polar surface area (TPSA) is 44.4 Å². The molecule has 2 saturated heterocycles. The summed E-state index contributed by atoms with van der Waals surface area (Å²) in [5, 5.41) is 6.53. The van der Waals surface area contributed by atoms with Gasteiger partial charge in [-0.05, 0) is 32.4 Å². The van der Waals surface area contributed by atoms with Crippen LogP contribution in [0.3, 0.4) is 0 Å². The standard InChI is InChI=1S/C11H21N3O.2ClH/c1-14(11(15)9-7-13-8-9)10-3-2-5-12-6-4-10;;/h9-10,12-13H,2-8H2,1H3;2*1H. The van der Waals surface area contributed by atoms with Crippen LogP contribution in [-0.2, 0) is 4.79 Å². The molecule has 0 spiro atoms. The summed E-state index contributed by atoms with van der Waals surface area (Å²) < 4.78 is 0. The van der Waals surface area contributed by atoms with Crippen molar-refractivity contribution in [3.05, 3.63) is 0 Å². The van der Waals surface area contributed by atoms with Gasteiger partial charge in [0.1, 0.15) is 0 Å². The van der Waals surface area contributed by atoms with E-state index in [0.717, 1.165) is 39.0 Å². The highest BCUT2D eigenvalue weighted by Gasteiger charge is 2.30. The molecule has 0 aliphatic carbocycles. The highest BCUT2D eigenvalue weighted by atomic mass is 35.5. The molecule has 2 rings (SSSR count). The first kappa shape index (κ1) is 17.0. The maximum Gasteiger partial charge on any atom is 0.228 e. The normalized spacial score (nSPS) is 24.6. The second kappa shape index (κ2) is 8.14. The number of hydrogen-bond donors (Lipinski definition) is 2. The lowest BCUT2D eigenvalue weighted by atomic mass is 9.99. The van der Waals surface area contributed by atoms with Gasteiger partial charge >= 0.3 is 0 Å². The molecule has 6 heteroatoms. The largest absolute Gasteiger partial charge is 0.342 e. The summed E-state index contributed by atoms with van der Waals surface area (Å²) in [5.74, 6) is 0.576. The number of amides is 1. The fourth-order valence-electron chi connectivity index (χ4n) is 2.32. The Morgan fingerprint density at radius 1 is 1.12 bits per heavy atom. The van der Waals surface area contributed by atoms with Gasteiger partial charge in [0.15, 0.2) is 0 Å². The van der Waals surface area contributed by atoms with Gasteiger partial charge in [-0.2, -0.15) is 0 Å². The summed E-state index contributed by atoms with van der Waals surface area (Å²) in [6.45, 7) is 3.89. The second-order valence-electron chi connectivity index (χ2n) is 4.64. The summed E-state index contributed by atoms with van der Waals surface area (Å²) in [4.78, 5) is 14.0. The predicted molar refractivity (Wildman–Crippen MR) is 74.1 cm³/mol. The Hall–Kier alpha value is -0.0300. The molecule has 4 nitrogen and oxygen atoms in total. The number of halogens is 2. The minimum atomic E-state index is 0. The Morgan fingerprint density at radius 2 is 1.82 bits per heavy atom. The number of nitrogens with one attached hydrogen (secondary N) is 2. The van der Waals surface area contributed by atoms with Crippen molar-refractivity contribution in [1.82, 2.24) is 15.5 Å². The molecule has 1 unspecified atom stereocenters. The quantitative estimate of drug-likeness (QED) is 0.782. The summed E-state index contributed by atoms with van der Waals surface area (Å²) in [6, 6.07) is 0.452. The lowest BCUT2D eigenvalue weighted by Crippen LogP contribution is -2.53. The molecule has 2 heterocycles. The third-order valence-corrected chi connectivity index (χ3v) is 3.57. The van der Waals surface area contributed by atoms with E-state index in [1.54, 1.807) is 0 Å². The van der Waals surface area contributed by atoms with E-state index in [1.807, 2.05) is 11.9 Å². The molecule has 0 saturated carbocycles. The molecular weight excluding hydrogens is 261 g/mol. The lowest BCUT2D eigenvalue weighted by molar-refractivity contribution is -0.138. The van der Waals surface area contributed by atoms with Crippen molar-refractivity contribution in [2.24, 2.45) is 5.92 Å². The Bertz CT molecular complexity index is 229. The molecule has 2 aliphatic rings. The van der Waals surface area contributed by atoms with E-state index in [1.165, 1.54) is 6.42 Å². The number of hydrogen-bond acceptors (Lipinski definition) is 3. The van der Waals surface area contributed by atoms with Crippen molar-refractivity contribution in [3.8, 4) is 0 Å². The summed E-state index contributed by atoms with van der Waals surface area (Å²) in [5.41, 5.74) is 0. The number of carbonyl (C=O) groups is 1. The number of rotatable bonds is 2. The molecule has 0 bridgehead atoms. The average molecular weight is 284 g/mol. The molecule has 17 heavy (non-hydrogen) atoms. The predicted octanol–water partition coefficient (Wildman–Crippen LogP) is 0.650. The lowest BCUT2D eigenvalue weighted by Gasteiger charge is -2.34. The molecule has 0 aromatic heterocycles. The first-order valence-corrected chi connectivity index (χ1v) is 5.97. The second-order valence-corrected chi connectivity index (χ2v) is 4.64. The fourth-order valence-corrected chi connectivity index (χ4v) is 2.32. The molecule has 2 fully saturated rings. The van der Waals surface area contributed by atoms with Gasteiger partial charge in [-0.3, -0.25) is 4.79 Å². The first-order chi connectivity index (χ1) is 7.29. The van der Waals surface area contributed by atoms with E-state index < -0.39 is 0 Å². The van der Waals surface area contributed by atoms with Crippen LogP contribution >= 0.6 is 24.8 Å². The van der Waals surface area contributed by atoms with Gasteiger partial charge in [0.05, 0.1) is 5.92 Å². The Balaban J connectivity index is 0.00000128. The third kappa shape index (κ3) is 4.28.